The van der Waals surface area contributed by atoms with Crippen molar-refractivity contribution in [2.75, 3.05) is 6.26 Å². The van der Waals surface area contributed by atoms with Gasteiger partial charge in [-0.1, -0.05) is 23.9 Å². The lowest BCUT2D eigenvalue weighted by molar-refractivity contribution is 0.626. The molecule has 1 heterocycles. The second-order valence-electron chi connectivity index (χ2n) is 3.02. The van der Waals surface area contributed by atoms with Crippen LogP contribution in [0.4, 0.5) is 4.39 Å². The van der Waals surface area contributed by atoms with Gasteiger partial charge in [-0.2, -0.15) is 5.10 Å². The molecule has 0 aliphatic carbocycles. The first-order valence-corrected chi connectivity index (χ1v) is 5.68. The number of rotatable bonds is 1. The highest BCUT2D eigenvalue weighted by Crippen LogP contribution is 2.19. The Bertz CT molecular complexity index is 400. The molecule has 0 aromatic heterocycles. The summed E-state index contributed by atoms with van der Waals surface area (Å²) in [5.41, 5.74) is 3.73. The molecule has 0 fully saturated rings. The van der Waals surface area contributed by atoms with E-state index in [2.05, 4.69) is 15.5 Å². The lowest BCUT2D eigenvalue weighted by atomic mass is 10.1. The second kappa shape index (κ2) is 4.44. The second-order valence-corrected chi connectivity index (χ2v) is 3.82. The van der Waals surface area contributed by atoms with Crippen LogP contribution < -0.4 is 5.43 Å². The van der Waals surface area contributed by atoms with Crippen LogP contribution in [-0.2, 0) is 0 Å². The maximum atomic E-state index is 12.7. The molecule has 5 heteroatoms. The van der Waals surface area contributed by atoms with Crippen LogP contribution in [0.5, 0.6) is 0 Å². The standard InChI is InChI=1S/C10H10FN3S/c1-15-10-13-9(6-12-14-10)7-2-4-8(11)5-3-7/h2-6,9H,1H3,(H,13,14)/t9-/m0/s1. The zero-order chi connectivity index (χ0) is 10.7. The van der Waals surface area contributed by atoms with Crippen LogP contribution in [-0.4, -0.2) is 17.6 Å². The summed E-state index contributed by atoms with van der Waals surface area (Å²) in [6, 6.07) is 6.19. The number of benzene rings is 1. The third-order valence-corrected chi connectivity index (χ3v) is 2.62. The third-order valence-electron chi connectivity index (χ3n) is 2.04. The SMILES string of the molecule is CSC1=N[C@H](c2ccc(F)cc2)C=NN1. The van der Waals surface area contributed by atoms with Crippen molar-refractivity contribution < 1.29 is 4.39 Å². The Morgan fingerprint density at radius 3 is 2.73 bits per heavy atom. The molecule has 2 rings (SSSR count). The van der Waals surface area contributed by atoms with Gasteiger partial charge in [0.25, 0.3) is 0 Å². The Labute approximate surface area is 91.5 Å². The Hall–Kier alpha value is -1.36. The van der Waals surface area contributed by atoms with Gasteiger partial charge in [0.15, 0.2) is 5.17 Å². The van der Waals surface area contributed by atoms with Gasteiger partial charge >= 0.3 is 0 Å². The fraction of sp³-hybridized carbons (Fsp3) is 0.200. The van der Waals surface area contributed by atoms with Crippen LogP contribution in [0.2, 0.25) is 0 Å². The Morgan fingerprint density at radius 1 is 1.33 bits per heavy atom. The summed E-state index contributed by atoms with van der Waals surface area (Å²) >= 11 is 1.50. The van der Waals surface area contributed by atoms with Crippen molar-refractivity contribution >= 4 is 23.1 Å². The van der Waals surface area contributed by atoms with Crippen LogP contribution in [0.1, 0.15) is 11.6 Å². The van der Waals surface area contributed by atoms with E-state index in [1.165, 1.54) is 23.9 Å². The first-order valence-electron chi connectivity index (χ1n) is 4.46. The van der Waals surface area contributed by atoms with E-state index in [0.29, 0.717) is 0 Å². The topological polar surface area (TPSA) is 36.8 Å². The van der Waals surface area contributed by atoms with E-state index >= 15 is 0 Å². The van der Waals surface area contributed by atoms with Crippen molar-refractivity contribution in [3.63, 3.8) is 0 Å². The van der Waals surface area contributed by atoms with Gasteiger partial charge in [-0.3, -0.25) is 5.43 Å². The fourth-order valence-corrected chi connectivity index (χ4v) is 1.63. The normalized spacial score (nSPS) is 19.6. The van der Waals surface area contributed by atoms with Crippen LogP contribution in [0.3, 0.4) is 0 Å². The molecule has 1 aromatic rings. The van der Waals surface area contributed by atoms with E-state index in [4.69, 9.17) is 0 Å². The summed E-state index contributed by atoms with van der Waals surface area (Å²) in [6.07, 6.45) is 3.63. The Morgan fingerprint density at radius 2 is 2.07 bits per heavy atom. The van der Waals surface area contributed by atoms with Crippen molar-refractivity contribution in [2.45, 2.75) is 6.04 Å². The lowest BCUT2D eigenvalue weighted by Gasteiger charge is -2.14. The van der Waals surface area contributed by atoms with Gasteiger partial charge in [0.05, 0.1) is 6.21 Å². The average molecular weight is 223 g/mol. The minimum atomic E-state index is -0.237. The number of nitrogens with one attached hydrogen (secondary N) is 1. The molecule has 78 valence electrons. The highest BCUT2D eigenvalue weighted by molar-refractivity contribution is 8.13. The number of hydrogen-bond donors (Lipinski definition) is 1. The summed E-state index contributed by atoms with van der Waals surface area (Å²) in [6.45, 7) is 0. The number of thioether (sulfide) groups is 1. The fourth-order valence-electron chi connectivity index (χ4n) is 1.27. The molecule has 1 atom stereocenters. The first kappa shape index (κ1) is 10.2. The molecule has 0 spiro atoms. The van der Waals surface area contributed by atoms with Crippen molar-refractivity contribution in [3.8, 4) is 0 Å². The van der Waals surface area contributed by atoms with E-state index in [1.807, 2.05) is 6.26 Å². The van der Waals surface area contributed by atoms with Crippen molar-refractivity contribution in [3.05, 3.63) is 35.6 Å². The molecule has 1 aromatic carbocycles. The van der Waals surface area contributed by atoms with Gasteiger partial charge in [0.1, 0.15) is 11.9 Å². The predicted molar refractivity (Wildman–Crippen MR) is 61.7 cm³/mol. The summed E-state index contributed by atoms with van der Waals surface area (Å²) in [7, 11) is 0. The Kier molecular flexibility index (Phi) is 3.01. The molecular weight excluding hydrogens is 213 g/mol. The summed E-state index contributed by atoms with van der Waals surface area (Å²) in [4.78, 5) is 4.40. The van der Waals surface area contributed by atoms with Crippen LogP contribution in [0, 0.1) is 5.82 Å². The quantitative estimate of drug-likeness (QED) is 0.792. The minimum Gasteiger partial charge on any atom is -0.256 e. The Balaban J connectivity index is 2.23. The largest absolute Gasteiger partial charge is 0.256 e. The number of nitrogens with zero attached hydrogens (tertiary/aromatic N) is 2. The maximum Gasteiger partial charge on any atom is 0.177 e. The van der Waals surface area contributed by atoms with Gasteiger partial charge in [-0.05, 0) is 24.0 Å². The van der Waals surface area contributed by atoms with E-state index in [9.17, 15) is 4.39 Å². The van der Waals surface area contributed by atoms with Crippen LogP contribution >= 0.6 is 11.8 Å². The third kappa shape index (κ3) is 2.36. The minimum absolute atomic E-state index is 0.116. The smallest absolute Gasteiger partial charge is 0.177 e. The number of hydrazone groups is 1. The number of aliphatic imine (C=N–C) groups is 1. The number of hydrogen-bond acceptors (Lipinski definition) is 4. The zero-order valence-electron chi connectivity index (χ0n) is 8.14. The highest BCUT2D eigenvalue weighted by Gasteiger charge is 2.12. The van der Waals surface area contributed by atoms with Crippen molar-refractivity contribution in [1.82, 2.24) is 5.43 Å². The van der Waals surface area contributed by atoms with Gasteiger partial charge in [-0.25, -0.2) is 9.38 Å². The van der Waals surface area contributed by atoms with E-state index in [0.717, 1.165) is 10.7 Å². The van der Waals surface area contributed by atoms with E-state index in [-0.39, 0.29) is 11.9 Å². The first-order chi connectivity index (χ1) is 7.29. The van der Waals surface area contributed by atoms with Crippen molar-refractivity contribution in [1.29, 1.82) is 0 Å². The van der Waals surface area contributed by atoms with Gasteiger partial charge < -0.3 is 0 Å². The molecule has 0 bridgehead atoms. The summed E-state index contributed by atoms with van der Waals surface area (Å²) < 4.78 is 12.7. The van der Waals surface area contributed by atoms with Gasteiger partial charge in [0, 0.05) is 0 Å². The molecule has 0 saturated heterocycles. The van der Waals surface area contributed by atoms with Gasteiger partial charge in [-0.15, -0.1) is 0 Å². The molecule has 1 N–H and O–H groups in total. The summed E-state index contributed by atoms with van der Waals surface area (Å²) in [5, 5.41) is 4.76. The van der Waals surface area contributed by atoms with Crippen molar-refractivity contribution in [2.24, 2.45) is 10.1 Å². The molecule has 1 aliphatic rings. The number of amidine groups is 1. The molecule has 15 heavy (non-hydrogen) atoms. The average Bonchev–Trinajstić information content (AvgIpc) is 2.30. The highest BCUT2D eigenvalue weighted by atomic mass is 32.2. The van der Waals surface area contributed by atoms with Crippen LogP contribution in [0.15, 0.2) is 34.4 Å². The molecule has 0 unspecified atom stereocenters. The molecular formula is C10H10FN3S. The van der Waals surface area contributed by atoms with E-state index < -0.39 is 0 Å². The predicted octanol–water partition coefficient (Wildman–Crippen LogP) is 2.17. The molecule has 0 radical (unpaired) electrons. The lowest BCUT2D eigenvalue weighted by Crippen LogP contribution is -2.20. The van der Waals surface area contributed by atoms with Crippen LogP contribution in [0.25, 0.3) is 0 Å². The molecule has 0 amide bonds. The number of halogens is 1. The monoisotopic (exact) mass is 223 g/mol. The summed E-state index contributed by atoms with van der Waals surface area (Å²) in [5.74, 6) is -0.237. The zero-order valence-corrected chi connectivity index (χ0v) is 8.96. The molecule has 1 aliphatic heterocycles. The molecule has 3 nitrogen and oxygen atoms in total. The molecule has 0 saturated carbocycles. The van der Waals surface area contributed by atoms with E-state index in [1.54, 1.807) is 18.3 Å². The maximum absolute atomic E-state index is 12.7. The van der Waals surface area contributed by atoms with Gasteiger partial charge in [0.2, 0.25) is 0 Å².